The van der Waals surface area contributed by atoms with E-state index in [1.165, 1.54) is 18.3 Å². The molecular weight excluding hydrogens is 447 g/mol. The highest BCUT2D eigenvalue weighted by atomic mass is 19.4. The van der Waals surface area contributed by atoms with E-state index in [0.29, 0.717) is 24.2 Å². The zero-order valence-electron chi connectivity index (χ0n) is 20.0. The van der Waals surface area contributed by atoms with Crippen molar-refractivity contribution in [3.63, 3.8) is 0 Å². The second-order valence-corrected chi connectivity index (χ2v) is 9.04. The highest BCUT2D eigenvalue weighted by Crippen LogP contribution is 2.34. The van der Waals surface area contributed by atoms with Crippen LogP contribution in [0.15, 0.2) is 36.5 Å². The smallest absolute Gasteiger partial charge is 0.416 e. The van der Waals surface area contributed by atoms with Gasteiger partial charge in [0.15, 0.2) is 0 Å². The molecule has 0 fully saturated rings. The summed E-state index contributed by atoms with van der Waals surface area (Å²) in [5.41, 5.74) is 0.0777. The van der Waals surface area contributed by atoms with E-state index in [4.69, 9.17) is 4.74 Å². The molecule has 1 aliphatic rings. The topological polar surface area (TPSA) is 65.9 Å². The highest BCUT2D eigenvalue weighted by Gasteiger charge is 2.34. The Kier molecular flexibility index (Phi) is 8.20. The van der Waals surface area contributed by atoms with E-state index in [1.807, 2.05) is 14.0 Å². The summed E-state index contributed by atoms with van der Waals surface area (Å²) in [4.78, 5) is 21.6. The van der Waals surface area contributed by atoms with Crippen molar-refractivity contribution in [2.45, 2.75) is 45.5 Å². The number of rotatable bonds is 7. The first-order valence-corrected chi connectivity index (χ1v) is 11.5. The number of amides is 1. The van der Waals surface area contributed by atoms with Gasteiger partial charge in [0.25, 0.3) is 5.91 Å². The zero-order chi connectivity index (χ0) is 25.0. The number of carbonyl (C=O) groups excluding carboxylic acids is 1. The van der Waals surface area contributed by atoms with E-state index < -0.39 is 17.8 Å². The largest absolute Gasteiger partial charge is 0.472 e. The molecular formula is C25H32F3N3O3. The maximum atomic E-state index is 13.5. The van der Waals surface area contributed by atoms with Gasteiger partial charge in [0.2, 0.25) is 5.88 Å². The summed E-state index contributed by atoms with van der Waals surface area (Å²) in [5.74, 6) is -0.252. The Morgan fingerprint density at radius 2 is 2.03 bits per heavy atom. The van der Waals surface area contributed by atoms with E-state index in [9.17, 15) is 23.1 Å². The molecule has 1 aliphatic heterocycles. The van der Waals surface area contributed by atoms with E-state index >= 15 is 0 Å². The first-order valence-electron chi connectivity index (χ1n) is 11.5. The molecule has 0 unspecified atom stereocenters. The summed E-state index contributed by atoms with van der Waals surface area (Å²) in [5, 5.41) is 9.77. The van der Waals surface area contributed by atoms with Gasteiger partial charge in [-0.05, 0) is 50.7 Å². The molecule has 0 radical (unpaired) electrons. The minimum atomic E-state index is -4.48. The SMILES string of the molecule is CCCN(C)C[C@@H]1Oc2ncc(-c3cccc(C(F)(F)F)c3)cc2C(=O)N([C@H](C)CO)C[C@@H]1C. The van der Waals surface area contributed by atoms with Gasteiger partial charge < -0.3 is 19.6 Å². The number of halogens is 3. The number of hydrogen-bond acceptors (Lipinski definition) is 5. The fourth-order valence-corrected chi connectivity index (χ4v) is 4.13. The molecule has 0 saturated carbocycles. The van der Waals surface area contributed by atoms with Crippen LogP contribution in [0.4, 0.5) is 13.2 Å². The fraction of sp³-hybridized carbons (Fsp3) is 0.520. The monoisotopic (exact) mass is 479 g/mol. The lowest BCUT2D eigenvalue weighted by Crippen LogP contribution is -2.50. The Morgan fingerprint density at radius 1 is 1.29 bits per heavy atom. The van der Waals surface area contributed by atoms with Gasteiger partial charge in [0.1, 0.15) is 11.7 Å². The van der Waals surface area contributed by atoms with Crippen LogP contribution < -0.4 is 4.74 Å². The normalized spacial score (nSPS) is 19.9. The fourth-order valence-electron chi connectivity index (χ4n) is 4.13. The van der Waals surface area contributed by atoms with Gasteiger partial charge >= 0.3 is 6.18 Å². The quantitative estimate of drug-likeness (QED) is 0.641. The molecule has 0 saturated heterocycles. The van der Waals surface area contributed by atoms with Gasteiger partial charge in [-0.3, -0.25) is 4.79 Å². The summed E-state index contributed by atoms with van der Waals surface area (Å²) in [6.07, 6.45) is -2.32. The molecule has 9 heteroatoms. The molecule has 0 spiro atoms. The van der Waals surface area contributed by atoms with Crippen molar-refractivity contribution in [1.82, 2.24) is 14.8 Å². The number of fused-ring (bicyclic) bond motifs is 1. The minimum absolute atomic E-state index is 0.0321. The minimum Gasteiger partial charge on any atom is -0.472 e. The summed E-state index contributed by atoms with van der Waals surface area (Å²) in [6, 6.07) is 6.01. The van der Waals surface area contributed by atoms with Crippen molar-refractivity contribution in [3.8, 4) is 17.0 Å². The van der Waals surface area contributed by atoms with E-state index in [-0.39, 0.29) is 36.0 Å². The first-order chi connectivity index (χ1) is 16.0. The molecule has 2 heterocycles. The molecule has 1 N–H and O–H groups in total. The number of pyridine rings is 1. The number of likely N-dealkylation sites (N-methyl/N-ethyl adjacent to an activating group) is 1. The van der Waals surface area contributed by atoms with Crippen LogP contribution in [-0.2, 0) is 6.18 Å². The molecule has 34 heavy (non-hydrogen) atoms. The van der Waals surface area contributed by atoms with Crippen LogP contribution in [0.5, 0.6) is 5.88 Å². The van der Waals surface area contributed by atoms with Crippen LogP contribution in [0.25, 0.3) is 11.1 Å². The lowest BCUT2D eigenvalue weighted by molar-refractivity contribution is -0.137. The van der Waals surface area contributed by atoms with Crippen LogP contribution in [0.3, 0.4) is 0 Å². The molecule has 1 aromatic heterocycles. The van der Waals surface area contributed by atoms with Crippen LogP contribution in [0.2, 0.25) is 0 Å². The van der Waals surface area contributed by atoms with Crippen LogP contribution in [0, 0.1) is 5.92 Å². The molecule has 0 bridgehead atoms. The Bertz CT molecular complexity index is 999. The number of aromatic nitrogens is 1. The molecule has 0 aliphatic carbocycles. The number of alkyl halides is 3. The lowest BCUT2D eigenvalue weighted by Gasteiger charge is -2.37. The van der Waals surface area contributed by atoms with Crippen molar-refractivity contribution in [1.29, 1.82) is 0 Å². The molecule has 186 valence electrons. The number of aliphatic hydroxyl groups excluding tert-OH is 1. The zero-order valence-corrected chi connectivity index (χ0v) is 20.0. The average Bonchev–Trinajstić information content (AvgIpc) is 2.80. The first kappa shape index (κ1) is 26.0. The number of carbonyl (C=O) groups is 1. The number of hydrogen-bond donors (Lipinski definition) is 1. The van der Waals surface area contributed by atoms with Crippen LogP contribution in [-0.4, -0.2) is 71.2 Å². The molecule has 1 aromatic carbocycles. The summed E-state index contributed by atoms with van der Waals surface area (Å²) in [7, 11) is 2.00. The predicted molar refractivity (Wildman–Crippen MR) is 124 cm³/mol. The number of nitrogens with zero attached hydrogens (tertiary/aromatic N) is 3. The second-order valence-electron chi connectivity index (χ2n) is 9.04. The van der Waals surface area contributed by atoms with Gasteiger partial charge in [0, 0.05) is 30.8 Å². The lowest BCUT2D eigenvalue weighted by atomic mass is 9.98. The maximum Gasteiger partial charge on any atom is 0.416 e. The summed E-state index contributed by atoms with van der Waals surface area (Å²) < 4.78 is 45.9. The second kappa shape index (κ2) is 10.7. The Hall–Kier alpha value is -2.65. The van der Waals surface area contributed by atoms with Gasteiger partial charge in [-0.25, -0.2) is 4.98 Å². The van der Waals surface area contributed by atoms with Gasteiger partial charge in [-0.1, -0.05) is 26.0 Å². The van der Waals surface area contributed by atoms with Crippen LogP contribution in [0.1, 0.15) is 43.1 Å². The molecule has 2 aromatic rings. The van der Waals surface area contributed by atoms with Gasteiger partial charge in [-0.15, -0.1) is 0 Å². The molecule has 3 rings (SSSR count). The Morgan fingerprint density at radius 3 is 2.68 bits per heavy atom. The average molecular weight is 480 g/mol. The third-order valence-corrected chi connectivity index (χ3v) is 6.14. The van der Waals surface area contributed by atoms with E-state index in [0.717, 1.165) is 25.1 Å². The Balaban J connectivity index is 2.05. The highest BCUT2D eigenvalue weighted by molar-refractivity contribution is 5.98. The summed E-state index contributed by atoms with van der Waals surface area (Å²) in [6.45, 7) is 7.52. The third-order valence-electron chi connectivity index (χ3n) is 6.14. The van der Waals surface area contributed by atoms with Gasteiger partial charge in [0.05, 0.1) is 18.2 Å². The maximum absolute atomic E-state index is 13.5. The predicted octanol–water partition coefficient (Wildman–Crippen LogP) is 4.33. The standard InChI is InChI=1S/C25H32F3N3O3/c1-5-9-30(4)14-22-16(2)13-31(17(3)15-32)24(33)21-11-19(12-29-23(21)34-22)18-7-6-8-20(10-18)25(26,27)28/h6-8,10-12,16-17,22,32H,5,9,13-15H2,1-4H3/t16-,17+,22-/m0/s1. The summed E-state index contributed by atoms with van der Waals surface area (Å²) >= 11 is 0. The number of aliphatic hydroxyl groups is 1. The Labute approximate surface area is 198 Å². The van der Waals surface area contributed by atoms with Crippen molar-refractivity contribution >= 4 is 5.91 Å². The van der Waals surface area contributed by atoms with Crippen molar-refractivity contribution in [3.05, 3.63) is 47.7 Å². The van der Waals surface area contributed by atoms with Crippen molar-refractivity contribution < 1.29 is 27.8 Å². The number of benzene rings is 1. The molecule has 6 nitrogen and oxygen atoms in total. The molecule has 1 amide bonds. The molecule has 3 atom stereocenters. The van der Waals surface area contributed by atoms with Crippen molar-refractivity contribution in [2.75, 3.05) is 33.3 Å². The third kappa shape index (κ3) is 5.88. The van der Waals surface area contributed by atoms with E-state index in [1.54, 1.807) is 17.9 Å². The van der Waals surface area contributed by atoms with E-state index in [2.05, 4.69) is 16.8 Å². The van der Waals surface area contributed by atoms with Crippen molar-refractivity contribution in [2.24, 2.45) is 5.92 Å². The van der Waals surface area contributed by atoms with Gasteiger partial charge in [-0.2, -0.15) is 13.2 Å². The van der Waals surface area contributed by atoms with Crippen LogP contribution >= 0.6 is 0 Å². The number of ether oxygens (including phenoxy) is 1.